The lowest BCUT2D eigenvalue weighted by atomic mass is 9.85. The molecule has 0 aromatic rings. The van der Waals surface area contributed by atoms with Gasteiger partial charge in [-0.05, 0) is 63.7 Å². The number of likely N-dealkylation sites (N-methyl/N-ethyl adjacent to an activating group) is 2. The van der Waals surface area contributed by atoms with Crippen molar-refractivity contribution in [2.75, 3.05) is 27.2 Å². The van der Waals surface area contributed by atoms with Gasteiger partial charge in [0.2, 0.25) is 23.6 Å². The molecule has 4 atom stereocenters. The summed E-state index contributed by atoms with van der Waals surface area (Å²) >= 11 is 0. The van der Waals surface area contributed by atoms with Gasteiger partial charge >= 0.3 is 0 Å². The number of hydrogen-bond acceptors (Lipinski definition) is 5. The summed E-state index contributed by atoms with van der Waals surface area (Å²) in [7, 11) is 3.41. The largest absolute Gasteiger partial charge is 0.375 e. The van der Waals surface area contributed by atoms with E-state index in [1.165, 1.54) is 11.8 Å². The summed E-state index contributed by atoms with van der Waals surface area (Å²) in [5.41, 5.74) is -0.115. The van der Waals surface area contributed by atoms with Crippen molar-refractivity contribution in [1.29, 1.82) is 0 Å². The van der Waals surface area contributed by atoms with Crippen LogP contribution < -0.4 is 10.6 Å². The van der Waals surface area contributed by atoms with Gasteiger partial charge in [0.1, 0.15) is 18.1 Å². The lowest BCUT2D eigenvalue weighted by Crippen LogP contribution is -2.59. The molecule has 0 aromatic heterocycles. The number of rotatable bonds is 14. The van der Waals surface area contributed by atoms with Gasteiger partial charge in [0.05, 0.1) is 5.54 Å². The molecule has 230 valence electrons. The van der Waals surface area contributed by atoms with Crippen molar-refractivity contribution in [3.8, 4) is 0 Å². The summed E-state index contributed by atoms with van der Waals surface area (Å²) < 4.78 is 0. The summed E-state index contributed by atoms with van der Waals surface area (Å²) in [5.74, 6) is -0.401. The van der Waals surface area contributed by atoms with E-state index in [1.807, 2.05) is 39.5 Å². The molecule has 1 rings (SSSR count). The third kappa shape index (κ3) is 9.51. The lowest BCUT2D eigenvalue weighted by Gasteiger charge is -2.43. The molecule has 1 aliphatic rings. The molecule has 40 heavy (non-hydrogen) atoms. The molecule has 0 saturated carbocycles. The number of hydrogen-bond donors (Lipinski definition) is 2. The van der Waals surface area contributed by atoms with Crippen molar-refractivity contribution < 1.29 is 19.2 Å². The molecule has 1 heterocycles. The molecule has 0 spiro atoms. The smallest absolute Gasteiger partial charge is 0.245 e. The lowest BCUT2D eigenvalue weighted by molar-refractivity contribution is -0.143. The normalized spacial score (nSPS) is 17.6. The molecule has 0 aliphatic carbocycles. The quantitative estimate of drug-likeness (QED) is 0.335. The van der Waals surface area contributed by atoms with Gasteiger partial charge in [-0.2, -0.15) is 0 Å². The Morgan fingerprint density at radius 1 is 0.900 bits per heavy atom. The van der Waals surface area contributed by atoms with E-state index in [1.54, 1.807) is 25.9 Å². The van der Waals surface area contributed by atoms with E-state index < -0.39 is 23.7 Å². The molecule has 0 radical (unpaired) electrons. The molecule has 1 fully saturated rings. The molecule has 9 nitrogen and oxygen atoms in total. The molecule has 3 unspecified atom stereocenters. The van der Waals surface area contributed by atoms with E-state index >= 15 is 0 Å². The van der Waals surface area contributed by atoms with Crippen LogP contribution in [-0.2, 0) is 19.2 Å². The van der Waals surface area contributed by atoms with Crippen molar-refractivity contribution in [2.45, 2.75) is 118 Å². The third-order valence-electron chi connectivity index (χ3n) is 8.14. The maximum absolute atomic E-state index is 14.0. The van der Waals surface area contributed by atoms with Crippen LogP contribution >= 0.6 is 0 Å². The summed E-state index contributed by atoms with van der Waals surface area (Å²) in [4.78, 5) is 57.8. The predicted molar refractivity (Wildman–Crippen MR) is 161 cm³/mol. The van der Waals surface area contributed by atoms with Crippen LogP contribution in [0.25, 0.3) is 0 Å². The molecular formula is C31H57N5O4. The van der Waals surface area contributed by atoms with Crippen molar-refractivity contribution in [2.24, 2.45) is 17.8 Å². The Kier molecular flexibility index (Phi) is 13.7. The van der Waals surface area contributed by atoms with Crippen molar-refractivity contribution in [3.63, 3.8) is 0 Å². The van der Waals surface area contributed by atoms with Crippen molar-refractivity contribution in [3.05, 3.63) is 12.3 Å². The highest BCUT2D eigenvalue weighted by molar-refractivity contribution is 5.93. The van der Waals surface area contributed by atoms with Crippen LogP contribution in [0.2, 0.25) is 0 Å². The zero-order chi connectivity index (χ0) is 30.9. The van der Waals surface area contributed by atoms with Crippen LogP contribution in [-0.4, -0.2) is 89.2 Å². The van der Waals surface area contributed by atoms with E-state index in [9.17, 15) is 19.2 Å². The van der Waals surface area contributed by atoms with Gasteiger partial charge in [-0.1, -0.05) is 48.1 Å². The van der Waals surface area contributed by atoms with Gasteiger partial charge in [-0.15, -0.1) is 0 Å². The average molecular weight is 564 g/mol. The third-order valence-corrected chi connectivity index (χ3v) is 8.14. The van der Waals surface area contributed by atoms with Crippen molar-refractivity contribution in [1.82, 2.24) is 25.3 Å². The summed E-state index contributed by atoms with van der Waals surface area (Å²) in [5, 5.41) is 6.25. The van der Waals surface area contributed by atoms with Gasteiger partial charge in [-0.25, -0.2) is 0 Å². The van der Waals surface area contributed by atoms with E-state index in [2.05, 4.69) is 31.1 Å². The number of amides is 4. The minimum Gasteiger partial charge on any atom is -0.375 e. The number of carbonyl (C=O) groups is 4. The maximum Gasteiger partial charge on any atom is 0.245 e. The van der Waals surface area contributed by atoms with E-state index in [0.717, 1.165) is 19.3 Å². The van der Waals surface area contributed by atoms with Crippen LogP contribution in [0.3, 0.4) is 0 Å². The highest BCUT2D eigenvalue weighted by atomic mass is 16.2. The van der Waals surface area contributed by atoms with E-state index in [4.69, 9.17) is 0 Å². The standard InChI is InChI=1S/C31H57N5O4/c1-20(2)18-26(28(38)32-23(7)29(39)36-16-14-13-15-17-36)34(11)30(40)27(22(5)6)33-24(8)31(10,19-21(3)4)35(12)25(9)37/h20-23,26-27,33H,8,13-19H2,1-7,9-12H3,(H,32,38)/t23-,26?,27?,31?/m0/s1. The van der Waals surface area contributed by atoms with Crippen LogP contribution in [0.15, 0.2) is 12.3 Å². The Bertz CT molecular complexity index is 896. The van der Waals surface area contributed by atoms with Crippen LogP contribution in [0.5, 0.6) is 0 Å². The molecule has 0 aromatic carbocycles. The first kappa shape index (κ1) is 35.4. The van der Waals surface area contributed by atoms with Crippen LogP contribution in [0, 0.1) is 17.8 Å². The van der Waals surface area contributed by atoms with Gasteiger partial charge in [0, 0.05) is 39.8 Å². The van der Waals surface area contributed by atoms with E-state index in [0.29, 0.717) is 31.6 Å². The molecule has 0 bridgehead atoms. The second-order valence-electron chi connectivity index (χ2n) is 13.0. The highest BCUT2D eigenvalue weighted by Crippen LogP contribution is 2.30. The molecule has 1 aliphatic heterocycles. The fourth-order valence-electron chi connectivity index (χ4n) is 5.48. The number of nitrogens with one attached hydrogen (secondary N) is 2. The Hall–Kier alpha value is -2.58. The zero-order valence-electron chi connectivity index (χ0n) is 27.1. The fourth-order valence-corrected chi connectivity index (χ4v) is 5.48. The first-order chi connectivity index (χ1) is 18.4. The van der Waals surface area contributed by atoms with Crippen LogP contribution in [0.1, 0.15) is 94.4 Å². The minimum absolute atomic E-state index is 0.0811. The topological polar surface area (TPSA) is 102 Å². The number of carbonyl (C=O) groups excluding carboxylic acids is 4. The monoisotopic (exact) mass is 563 g/mol. The zero-order valence-corrected chi connectivity index (χ0v) is 27.1. The molecular weight excluding hydrogens is 506 g/mol. The Morgan fingerprint density at radius 3 is 1.90 bits per heavy atom. The molecule has 2 N–H and O–H groups in total. The Labute approximate surface area is 243 Å². The van der Waals surface area contributed by atoms with Gasteiger partial charge < -0.3 is 25.3 Å². The second kappa shape index (κ2) is 15.4. The van der Waals surface area contributed by atoms with Crippen LogP contribution in [0.4, 0.5) is 0 Å². The van der Waals surface area contributed by atoms with E-state index in [-0.39, 0.29) is 41.4 Å². The SMILES string of the molecule is C=C(NC(C(=O)N(C)C(CC(C)C)C(=O)N[C@@H](C)C(=O)N1CCCCC1)C(C)C)C(C)(CC(C)C)N(C)C(C)=O. The summed E-state index contributed by atoms with van der Waals surface area (Å²) in [6.07, 6.45) is 4.21. The Morgan fingerprint density at radius 2 is 1.45 bits per heavy atom. The minimum atomic E-state index is -0.734. The second-order valence-corrected chi connectivity index (χ2v) is 13.0. The Balaban J connectivity index is 3.17. The number of piperidine rings is 1. The summed E-state index contributed by atoms with van der Waals surface area (Å²) in [6.45, 7) is 23.0. The van der Waals surface area contributed by atoms with Gasteiger partial charge in [-0.3, -0.25) is 19.2 Å². The number of nitrogens with zero attached hydrogens (tertiary/aromatic N) is 3. The van der Waals surface area contributed by atoms with Gasteiger partial charge in [0.25, 0.3) is 0 Å². The first-order valence-corrected chi connectivity index (χ1v) is 15.0. The molecule has 4 amide bonds. The maximum atomic E-state index is 14.0. The average Bonchev–Trinajstić information content (AvgIpc) is 2.87. The first-order valence-electron chi connectivity index (χ1n) is 15.0. The summed E-state index contributed by atoms with van der Waals surface area (Å²) in [6, 6.07) is -2.05. The predicted octanol–water partition coefficient (Wildman–Crippen LogP) is 3.79. The van der Waals surface area contributed by atoms with Crippen molar-refractivity contribution >= 4 is 23.6 Å². The highest BCUT2D eigenvalue weighted by Gasteiger charge is 2.39. The fraction of sp³-hybridized carbons (Fsp3) is 0.806. The van der Waals surface area contributed by atoms with Gasteiger partial charge in [0.15, 0.2) is 0 Å². The number of likely N-dealkylation sites (tertiary alicyclic amines) is 1. The molecule has 9 heteroatoms. The molecule has 1 saturated heterocycles.